The molecule has 0 aromatic carbocycles. The van der Waals surface area contributed by atoms with Gasteiger partial charge >= 0.3 is 0 Å². The van der Waals surface area contributed by atoms with Gasteiger partial charge in [-0.25, -0.2) is 0 Å². The molecule has 0 fully saturated rings. The summed E-state index contributed by atoms with van der Waals surface area (Å²) < 4.78 is 11.4. The molecular weight excluding hydrogens is 332 g/mol. The molecule has 27 heavy (non-hydrogen) atoms. The van der Waals surface area contributed by atoms with Gasteiger partial charge in [-0.3, -0.25) is 0 Å². The van der Waals surface area contributed by atoms with E-state index in [9.17, 15) is 0 Å². The largest absolute Gasteiger partial charge is 0.501 e. The van der Waals surface area contributed by atoms with E-state index in [0.29, 0.717) is 0 Å². The molecule has 0 radical (unpaired) electrons. The topological polar surface area (TPSA) is 18.5 Å². The molecule has 0 aliphatic heterocycles. The lowest BCUT2D eigenvalue weighted by Crippen LogP contribution is -2.17. The molecule has 0 saturated heterocycles. The van der Waals surface area contributed by atoms with E-state index in [1.807, 2.05) is 13.2 Å². The van der Waals surface area contributed by atoms with Gasteiger partial charge in [-0.1, -0.05) is 84.1 Å². The lowest BCUT2D eigenvalue weighted by molar-refractivity contribution is 0.229. The minimum Gasteiger partial charge on any atom is -0.501 e. The predicted octanol–water partition coefficient (Wildman–Crippen LogP) is 8.10. The molecule has 0 saturated carbocycles. The zero-order valence-electron chi connectivity index (χ0n) is 18.3. The third-order valence-corrected chi connectivity index (χ3v) is 5.43. The fraction of sp³-hybridized carbons (Fsp3) is 0.760. The number of hydrogen-bond acceptors (Lipinski definition) is 2. The Bertz CT molecular complexity index is 436. The van der Waals surface area contributed by atoms with Crippen LogP contribution in [-0.4, -0.2) is 13.2 Å². The van der Waals surface area contributed by atoms with Crippen molar-refractivity contribution >= 4 is 0 Å². The zero-order chi connectivity index (χ0) is 19.6. The molecule has 0 bridgehead atoms. The van der Waals surface area contributed by atoms with Gasteiger partial charge in [-0.2, -0.15) is 0 Å². The standard InChI is InChI=1S/C25H44O2/c1-4-7-9-10-11-12-13-14-15-22-26-23-21-25(18-8-5-2)19-16-24(17-20-25)27-6-3/h16-17,19,21,23H,4-15,18,20,22H2,1-3H3. The van der Waals surface area contributed by atoms with Gasteiger partial charge in [-0.15, -0.1) is 0 Å². The molecule has 0 heterocycles. The second-order valence-electron chi connectivity index (χ2n) is 7.92. The maximum absolute atomic E-state index is 5.81. The summed E-state index contributed by atoms with van der Waals surface area (Å²) in [5.74, 6) is 1.01. The third kappa shape index (κ3) is 11.3. The first kappa shape index (κ1) is 23.9. The highest BCUT2D eigenvalue weighted by atomic mass is 16.5. The van der Waals surface area contributed by atoms with Crippen molar-refractivity contribution in [3.8, 4) is 0 Å². The minimum absolute atomic E-state index is 0.106. The summed E-state index contributed by atoms with van der Waals surface area (Å²) in [6, 6.07) is 0. The monoisotopic (exact) mass is 376 g/mol. The summed E-state index contributed by atoms with van der Waals surface area (Å²) >= 11 is 0. The Morgan fingerprint density at radius 2 is 1.56 bits per heavy atom. The quantitative estimate of drug-likeness (QED) is 0.188. The Morgan fingerprint density at radius 1 is 0.889 bits per heavy atom. The molecule has 2 heteroatoms. The molecule has 1 rings (SSSR count). The van der Waals surface area contributed by atoms with Crippen molar-refractivity contribution in [2.45, 2.75) is 104 Å². The summed E-state index contributed by atoms with van der Waals surface area (Å²) in [6.45, 7) is 8.15. The summed E-state index contributed by atoms with van der Waals surface area (Å²) in [4.78, 5) is 0. The number of allylic oxidation sites excluding steroid dienone is 4. The van der Waals surface area contributed by atoms with E-state index in [-0.39, 0.29) is 5.41 Å². The van der Waals surface area contributed by atoms with Crippen LogP contribution in [-0.2, 0) is 9.47 Å². The number of hydrogen-bond donors (Lipinski definition) is 0. The van der Waals surface area contributed by atoms with Gasteiger partial charge in [0.2, 0.25) is 0 Å². The van der Waals surface area contributed by atoms with Crippen LogP contribution in [0.15, 0.2) is 36.3 Å². The predicted molar refractivity (Wildman–Crippen MR) is 118 cm³/mol. The van der Waals surface area contributed by atoms with E-state index >= 15 is 0 Å². The van der Waals surface area contributed by atoms with Crippen molar-refractivity contribution < 1.29 is 9.47 Å². The normalized spacial score (nSPS) is 19.4. The molecule has 0 amide bonds. The van der Waals surface area contributed by atoms with Crippen molar-refractivity contribution in [2.24, 2.45) is 5.41 Å². The Morgan fingerprint density at radius 3 is 2.15 bits per heavy atom. The molecule has 156 valence electrons. The average molecular weight is 377 g/mol. The zero-order valence-corrected chi connectivity index (χ0v) is 18.3. The first-order chi connectivity index (χ1) is 13.3. The minimum atomic E-state index is 0.106. The molecule has 0 aromatic heterocycles. The van der Waals surface area contributed by atoms with Crippen LogP contribution < -0.4 is 0 Å². The van der Waals surface area contributed by atoms with E-state index in [0.717, 1.165) is 25.4 Å². The van der Waals surface area contributed by atoms with E-state index in [4.69, 9.17) is 9.47 Å². The molecule has 1 atom stereocenters. The fourth-order valence-electron chi connectivity index (χ4n) is 3.59. The third-order valence-electron chi connectivity index (χ3n) is 5.43. The van der Waals surface area contributed by atoms with Crippen LogP contribution in [0.3, 0.4) is 0 Å². The van der Waals surface area contributed by atoms with Crippen LogP contribution in [0.4, 0.5) is 0 Å². The first-order valence-corrected chi connectivity index (χ1v) is 11.6. The van der Waals surface area contributed by atoms with Crippen LogP contribution >= 0.6 is 0 Å². The van der Waals surface area contributed by atoms with Crippen LogP contribution in [0, 0.1) is 5.41 Å². The maximum atomic E-state index is 5.81. The highest BCUT2D eigenvalue weighted by Gasteiger charge is 2.25. The van der Waals surface area contributed by atoms with Gasteiger partial charge in [0.15, 0.2) is 0 Å². The molecule has 1 aliphatic carbocycles. The van der Waals surface area contributed by atoms with E-state index in [1.165, 1.54) is 77.0 Å². The lowest BCUT2D eigenvalue weighted by Gasteiger charge is -2.29. The smallest absolute Gasteiger partial charge is 0.115 e. The molecule has 0 N–H and O–H groups in total. The van der Waals surface area contributed by atoms with E-state index in [2.05, 4.69) is 38.2 Å². The fourth-order valence-corrected chi connectivity index (χ4v) is 3.59. The highest BCUT2D eigenvalue weighted by Crippen LogP contribution is 2.37. The van der Waals surface area contributed by atoms with Crippen molar-refractivity contribution in [1.29, 1.82) is 0 Å². The number of unbranched alkanes of at least 4 members (excludes halogenated alkanes) is 9. The Hall–Kier alpha value is -1.18. The summed E-state index contributed by atoms with van der Waals surface area (Å²) in [7, 11) is 0. The Balaban J connectivity index is 2.19. The summed E-state index contributed by atoms with van der Waals surface area (Å²) in [6.07, 6.45) is 27.7. The molecule has 1 aliphatic rings. The maximum Gasteiger partial charge on any atom is 0.115 e. The lowest BCUT2D eigenvalue weighted by atomic mass is 9.77. The van der Waals surface area contributed by atoms with Gasteiger partial charge in [0.1, 0.15) is 5.76 Å². The second-order valence-corrected chi connectivity index (χ2v) is 7.92. The van der Waals surface area contributed by atoms with Gasteiger partial charge < -0.3 is 9.47 Å². The average Bonchev–Trinajstić information content (AvgIpc) is 2.69. The Labute approximate surface area is 169 Å². The van der Waals surface area contributed by atoms with Crippen LogP contribution in [0.25, 0.3) is 0 Å². The van der Waals surface area contributed by atoms with E-state index in [1.54, 1.807) is 0 Å². The number of ether oxygens (including phenoxy) is 2. The molecule has 1 unspecified atom stereocenters. The summed E-state index contributed by atoms with van der Waals surface area (Å²) in [5, 5.41) is 0. The molecule has 0 spiro atoms. The van der Waals surface area contributed by atoms with Crippen molar-refractivity contribution in [3.63, 3.8) is 0 Å². The van der Waals surface area contributed by atoms with Gasteiger partial charge in [-0.05, 0) is 44.4 Å². The van der Waals surface area contributed by atoms with Crippen molar-refractivity contribution in [3.05, 3.63) is 36.3 Å². The molecular formula is C25H44O2. The number of rotatable bonds is 17. The molecule has 2 nitrogen and oxygen atoms in total. The van der Waals surface area contributed by atoms with Crippen LogP contribution in [0.5, 0.6) is 0 Å². The van der Waals surface area contributed by atoms with Gasteiger partial charge in [0.25, 0.3) is 0 Å². The van der Waals surface area contributed by atoms with Crippen molar-refractivity contribution in [1.82, 2.24) is 0 Å². The molecule has 0 aromatic rings. The van der Waals surface area contributed by atoms with Crippen LogP contribution in [0.1, 0.15) is 104 Å². The van der Waals surface area contributed by atoms with Gasteiger partial charge in [0, 0.05) is 5.41 Å². The van der Waals surface area contributed by atoms with Gasteiger partial charge in [0.05, 0.1) is 19.5 Å². The second kappa shape index (κ2) is 15.8. The van der Waals surface area contributed by atoms with Crippen LogP contribution in [0.2, 0.25) is 0 Å². The highest BCUT2D eigenvalue weighted by molar-refractivity contribution is 5.26. The van der Waals surface area contributed by atoms with E-state index < -0.39 is 0 Å². The Kier molecular flexibility index (Phi) is 14.0. The first-order valence-electron chi connectivity index (χ1n) is 11.6. The van der Waals surface area contributed by atoms with Crippen molar-refractivity contribution in [2.75, 3.05) is 13.2 Å². The summed E-state index contributed by atoms with van der Waals surface area (Å²) in [5.41, 5.74) is 0.106. The SMILES string of the molecule is CCCCCCCCCCCOC=CC1(CCCC)C=CC(OCC)=CC1.